The molecule has 15 nitrogen and oxygen atoms in total. The molecule has 27 heteroatoms. The maximum Gasteiger partial charge on any atom is 0.490 e. The van der Waals surface area contributed by atoms with Crippen LogP contribution in [0.3, 0.4) is 0 Å². The highest BCUT2D eigenvalue weighted by Crippen LogP contribution is 2.32. The largest absolute Gasteiger partial charge is 0.506 e. The van der Waals surface area contributed by atoms with Crippen LogP contribution >= 0.6 is 0 Å². The first kappa shape index (κ1) is 53.3. The number of aromatic nitrogens is 2. The molecule has 0 spiro atoms. The first-order valence-corrected chi connectivity index (χ1v) is 15.7. The lowest BCUT2D eigenvalue weighted by Crippen LogP contribution is -2.48. The SMILES string of the molecule is COCc1cc(CN2CCN(C(C)C)CC2)ccc1-c1cc(O)c2nc[nH]c(=O)c2c1.O=C(O)C(F)(F)F.O=C(O)C(F)(F)F.O=C(O)C(F)(F)F.O=C(O)C(F)(F)F. The van der Waals surface area contributed by atoms with Gasteiger partial charge in [-0.2, -0.15) is 52.7 Å². The van der Waals surface area contributed by atoms with Crippen molar-refractivity contribution in [3.05, 3.63) is 58.1 Å². The van der Waals surface area contributed by atoms with Crippen LogP contribution in [0.5, 0.6) is 5.75 Å². The zero-order valence-corrected chi connectivity index (χ0v) is 30.3. The highest BCUT2D eigenvalue weighted by Gasteiger charge is 2.40. The van der Waals surface area contributed by atoms with Crippen LogP contribution in [0.25, 0.3) is 22.0 Å². The molecule has 1 aliphatic heterocycles. The van der Waals surface area contributed by atoms with Crippen molar-refractivity contribution >= 4 is 34.8 Å². The molecular formula is C32H34F12N4O11. The molecule has 1 saturated heterocycles. The molecule has 0 unspecified atom stereocenters. The summed E-state index contributed by atoms with van der Waals surface area (Å²) in [7, 11) is 1.67. The van der Waals surface area contributed by atoms with Crippen molar-refractivity contribution in [1.82, 2.24) is 19.8 Å². The van der Waals surface area contributed by atoms with E-state index in [1.165, 1.54) is 11.9 Å². The normalized spacial score (nSPS) is 13.6. The molecule has 0 atom stereocenters. The summed E-state index contributed by atoms with van der Waals surface area (Å²) in [5.41, 5.74) is 4.01. The summed E-state index contributed by atoms with van der Waals surface area (Å²) in [5.74, 6) is -11.0. The van der Waals surface area contributed by atoms with Gasteiger partial charge in [0.05, 0.1) is 18.3 Å². The van der Waals surface area contributed by atoms with E-state index >= 15 is 0 Å². The zero-order valence-electron chi connectivity index (χ0n) is 30.3. The fourth-order valence-corrected chi connectivity index (χ4v) is 4.31. The van der Waals surface area contributed by atoms with Gasteiger partial charge >= 0.3 is 48.6 Å². The van der Waals surface area contributed by atoms with Crippen molar-refractivity contribution < 1.29 is 102 Å². The molecule has 6 N–H and O–H groups in total. The van der Waals surface area contributed by atoms with Crippen molar-refractivity contribution in [2.45, 2.75) is 57.7 Å². The first-order chi connectivity index (χ1) is 26.7. The minimum Gasteiger partial charge on any atom is -0.506 e. The van der Waals surface area contributed by atoms with Crippen molar-refractivity contribution in [1.29, 1.82) is 0 Å². The molecule has 0 bridgehead atoms. The summed E-state index contributed by atoms with van der Waals surface area (Å²) < 4.78 is 132. The molecule has 2 heterocycles. The van der Waals surface area contributed by atoms with Gasteiger partial charge in [-0.15, -0.1) is 0 Å². The number of phenols is 1. The van der Waals surface area contributed by atoms with Gasteiger partial charge in [0.2, 0.25) is 0 Å². The van der Waals surface area contributed by atoms with E-state index < -0.39 is 48.6 Å². The number of rotatable bonds is 6. The number of piperazine rings is 1. The number of carbonyl (C=O) groups is 4. The molecule has 1 aromatic heterocycles. The summed E-state index contributed by atoms with van der Waals surface area (Å²) in [6.07, 6.45) is -19.0. The Balaban J connectivity index is 0.000000972. The van der Waals surface area contributed by atoms with Gasteiger partial charge in [-0.25, -0.2) is 24.2 Å². The fourth-order valence-electron chi connectivity index (χ4n) is 4.31. The minimum absolute atomic E-state index is 0.00549. The van der Waals surface area contributed by atoms with Gasteiger partial charge in [0, 0.05) is 45.9 Å². The number of aromatic amines is 1. The predicted octanol–water partition coefficient (Wildman–Crippen LogP) is 5.50. The molecule has 59 heavy (non-hydrogen) atoms. The summed E-state index contributed by atoms with van der Waals surface area (Å²) in [6, 6.07) is 10.4. The third-order valence-electron chi connectivity index (χ3n) is 7.02. The van der Waals surface area contributed by atoms with E-state index in [1.54, 1.807) is 19.2 Å². The Morgan fingerprint density at radius 2 is 1.17 bits per heavy atom. The van der Waals surface area contributed by atoms with E-state index in [9.17, 15) is 62.6 Å². The lowest BCUT2D eigenvalue weighted by Gasteiger charge is -2.37. The Hall–Kier alpha value is -5.70. The molecule has 2 aromatic carbocycles. The van der Waals surface area contributed by atoms with Crippen molar-refractivity contribution in [2.24, 2.45) is 0 Å². The molecule has 0 aliphatic carbocycles. The summed E-state index contributed by atoms with van der Waals surface area (Å²) >= 11 is 0. The number of fused-ring (bicyclic) bond motifs is 1. The van der Waals surface area contributed by atoms with Crippen LogP contribution in [0.1, 0.15) is 25.0 Å². The van der Waals surface area contributed by atoms with Gasteiger partial charge in [0.15, 0.2) is 0 Å². The highest BCUT2D eigenvalue weighted by atomic mass is 19.4. The van der Waals surface area contributed by atoms with Gasteiger partial charge in [-0.1, -0.05) is 18.2 Å². The number of halogens is 12. The van der Waals surface area contributed by atoms with Crippen LogP contribution in [0.15, 0.2) is 41.5 Å². The van der Waals surface area contributed by atoms with E-state index in [4.69, 9.17) is 44.3 Å². The van der Waals surface area contributed by atoms with E-state index in [1.807, 2.05) is 0 Å². The van der Waals surface area contributed by atoms with Crippen LogP contribution in [-0.2, 0) is 37.1 Å². The van der Waals surface area contributed by atoms with Gasteiger partial charge in [0.25, 0.3) is 5.56 Å². The Bertz CT molecular complexity index is 1830. The second kappa shape index (κ2) is 22.4. The topological polar surface area (TPSA) is 231 Å². The standard InChI is InChI=1S/C24H30N4O3.4C2HF3O2/c1-16(2)28-8-6-27(7-9-28)13-17-4-5-20(19(10-17)14-31-3)18-11-21-23(22(29)12-18)25-15-26-24(21)30;4*3-2(4,5)1(6)7/h4-5,10-12,15-16,29H,6-9,13-14H2,1-3H3,(H,25,26,30);4*(H,6,7). The van der Waals surface area contributed by atoms with Crippen LogP contribution in [0.4, 0.5) is 52.7 Å². The molecule has 1 fully saturated rings. The highest BCUT2D eigenvalue weighted by molar-refractivity contribution is 5.89. The number of methoxy groups -OCH3 is 1. The number of H-pyrrole nitrogens is 1. The number of alkyl halides is 12. The van der Waals surface area contributed by atoms with E-state index in [0.29, 0.717) is 23.6 Å². The van der Waals surface area contributed by atoms with E-state index in [-0.39, 0.29) is 11.3 Å². The average Bonchev–Trinajstić information content (AvgIpc) is 3.08. The van der Waals surface area contributed by atoms with Gasteiger partial charge in [-0.05, 0) is 48.2 Å². The number of nitrogens with one attached hydrogen (secondary N) is 1. The molecule has 4 rings (SSSR count). The quantitative estimate of drug-likeness (QED) is 0.168. The predicted molar refractivity (Wildman–Crippen MR) is 177 cm³/mol. The number of nitrogens with zero attached hydrogens (tertiary/aromatic N) is 3. The third kappa shape index (κ3) is 19.5. The van der Waals surface area contributed by atoms with Crippen molar-refractivity contribution in [2.75, 3.05) is 33.3 Å². The summed E-state index contributed by atoms with van der Waals surface area (Å²) in [5, 5.41) is 39.3. The molecule has 0 radical (unpaired) electrons. The minimum atomic E-state index is -5.08. The first-order valence-electron chi connectivity index (χ1n) is 15.7. The van der Waals surface area contributed by atoms with Crippen LogP contribution < -0.4 is 5.56 Å². The van der Waals surface area contributed by atoms with Gasteiger partial charge in [-0.3, -0.25) is 14.6 Å². The molecule has 3 aromatic rings. The van der Waals surface area contributed by atoms with Crippen molar-refractivity contribution in [3.63, 3.8) is 0 Å². The second-order valence-electron chi connectivity index (χ2n) is 11.7. The fraction of sp³-hybridized carbons (Fsp3) is 0.438. The Kier molecular flexibility index (Phi) is 20.3. The number of phenolic OH excluding ortho intramolecular Hbond substituents is 1. The Labute approximate surface area is 323 Å². The van der Waals surface area contributed by atoms with E-state index in [0.717, 1.165) is 49.4 Å². The average molecular weight is 879 g/mol. The third-order valence-corrected chi connectivity index (χ3v) is 7.02. The number of carboxylic acid groups (broad SMARTS) is 4. The van der Waals surface area contributed by atoms with Gasteiger partial charge < -0.3 is 35.3 Å². The molecule has 0 amide bonds. The van der Waals surface area contributed by atoms with Gasteiger partial charge in [0.1, 0.15) is 11.3 Å². The lowest BCUT2D eigenvalue weighted by atomic mass is 9.96. The Morgan fingerprint density at radius 3 is 1.54 bits per heavy atom. The van der Waals surface area contributed by atoms with Crippen LogP contribution in [-0.4, -0.2) is 133 Å². The second-order valence-corrected chi connectivity index (χ2v) is 11.7. The molecule has 0 saturated carbocycles. The number of carboxylic acids is 4. The Morgan fingerprint density at radius 1 is 0.746 bits per heavy atom. The zero-order chi connectivity index (χ0) is 46.3. The lowest BCUT2D eigenvalue weighted by molar-refractivity contribution is -0.193. The molecular weight excluding hydrogens is 844 g/mol. The summed E-state index contributed by atoms with van der Waals surface area (Å²) in [4.78, 5) is 59.5. The monoisotopic (exact) mass is 878 g/mol. The smallest absolute Gasteiger partial charge is 0.490 e. The summed E-state index contributed by atoms with van der Waals surface area (Å²) in [6.45, 7) is 10.2. The molecule has 332 valence electrons. The number of ether oxygens (including phenoxy) is 1. The molecule has 1 aliphatic rings. The van der Waals surface area contributed by atoms with Crippen molar-refractivity contribution in [3.8, 4) is 16.9 Å². The maximum atomic E-state index is 12.2. The van der Waals surface area contributed by atoms with E-state index in [2.05, 4.69) is 51.8 Å². The number of hydrogen-bond donors (Lipinski definition) is 6. The van der Waals surface area contributed by atoms with Crippen LogP contribution in [0, 0.1) is 0 Å². The number of hydrogen-bond acceptors (Lipinski definition) is 10. The van der Waals surface area contributed by atoms with Crippen LogP contribution in [0.2, 0.25) is 0 Å². The number of aliphatic carboxylic acids is 4. The number of aromatic hydroxyl groups is 1. The maximum absolute atomic E-state index is 12.2. The number of benzene rings is 2.